The van der Waals surface area contributed by atoms with Crippen LogP contribution in [0.4, 0.5) is 18.9 Å². The van der Waals surface area contributed by atoms with Crippen LogP contribution in [0, 0.1) is 11.8 Å². The van der Waals surface area contributed by atoms with E-state index < -0.39 is 21.8 Å². The Morgan fingerprint density at radius 1 is 1.06 bits per heavy atom. The summed E-state index contributed by atoms with van der Waals surface area (Å²) in [5.74, 6) is 0.432. The predicted octanol–water partition coefficient (Wildman–Crippen LogP) is 4.35. The molecule has 9 heteroatoms. The molecule has 1 saturated heterocycles. The number of likely N-dealkylation sites (tertiary alicyclic amines) is 1. The molecule has 2 atom stereocenters. The standard InChI is InChI=1S/C23H27F3N2O3S/c1-3-18-14-28(22(29)13-16-7-9-20(10-8-16)23(24,25)26)15-19(18)11-17-5-4-6-21(12-17)27-32(2,30)31/h4-10,12,18-19,27H,3,11,13-15H2,1-2H3. The molecule has 1 amide bonds. The van der Waals surface area contributed by atoms with Crippen molar-refractivity contribution in [1.29, 1.82) is 0 Å². The Morgan fingerprint density at radius 3 is 2.31 bits per heavy atom. The summed E-state index contributed by atoms with van der Waals surface area (Å²) in [6.45, 7) is 3.26. The molecule has 0 aromatic heterocycles. The van der Waals surface area contributed by atoms with E-state index in [4.69, 9.17) is 0 Å². The fourth-order valence-corrected chi connectivity index (χ4v) is 4.77. The van der Waals surface area contributed by atoms with Crippen LogP contribution in [-0.2, 0) is 33.8 Å². The average Bonchev–Trinajstić information content (AvgIpc) is 3.09. The number of nitrogens with zero attached hydrogens (tertiary/aromatic N) is 1. The van der Waals surface area contributed by atoms with Gasteiger partial charge in [0, 0.05) is 18.8 Å². The summed E-state index contributed by atoms with van der Waals surface area (Å²) in [5, 5.41) is 0. The molecule has 5 nitrogen and oxygen atoms in total. The Morgan fingerprint density at radius 2 is 1.72 bits per heavy atom. The summed E-state index contributed by atoms with van der Waals surface area (Å²) in [7, 11) is -3.36. The summed E-state index contributed by atoms with van der Waals surface area (Å²) >= 11 is 0. The number of halogens is 3. The number of anilines is 1. The quantitative estimate of drug-likeness (QED) is 0.657. The minimum atomic E-state index is -4.40. The Balaban J connectivity index is 1.64. The number of carbonyl (C=O) groups is 1. The minimum absolute atomic E-state index is 0.0645. The fraction of sp³-hybridized carbons (Fsp3) is 0.435. The van der Waals surface area contributed by atoms with Crippen LogP contribution in [-0.4, -0.2) is 38.6 Å². The monoisotopic (exact) mass is 468 g/mol. The topological polar surface area (TPSA) is 66.5 Å². The highest BCUT2D eigenvalue weighted by Crippen LogP contribution is 2.31. The van der Waals surface area contributed by atoms with Gasteiger partial charge in [-0.05, 0) is 53.6 Å². The van der Waals surface area contributed by atoms with Gasteiger partial charge in [0.05, 0.1) is 18.2 Å². The first-order chi connectivity index (χ1) is 14.9. The van der Waals surface area contributed by atoms with Gasteiger partial charge in [0.1, 0.15) is 0 Å². The van der Waals surface area contributed by atoms with E-state index in [2.05, 4.69) is 11.6 Å². The van der Waals surface area contributed by atoms with Crippen LogP contribution in [0.3, 0.4) is 0 Å². The Bertz CT molecular complexity index is 1050. The van der Waals surface area contributed by atoms with Crippen LogP contribution >= 0.6 is 0 Å². The third-order valence-electron chi connectivity index (χ3n) is 5.82. The Kier molecular flexibility index (Phi) is 7.17. The Labute approximate surface area is 186 Å². The first-order valence-corrected chi connectivity index (χ1v) is 12.3. The van der Waals surface area contributed by atoms with Gasteiger partial charge in [0.15, 0.2) is 0 Å². The number of amides is 1. The van der Waals surface area contributed by atoms with Gasteiger partial charge in [0.2, 0.25) is 15.9 Å². The highest BCUT2D eigenvalue weighted by atomic mass is 32.2. The maximum atomic E-state index is 12.8. The number of hydrogen-bond acceptors (Lipinski definition) is 3. The number of alkyl halides is 3. The number of sulfonamides is 1. The van der Waals surface area contributed by atoms with Crippen LogP contribution in [0.5, 0.6) is 0 Å². The third kappa shape index (κ3) is 6.48. The summed E-state index contributed by atoms with van der Waals surface area (Å²) < 4.78 is 63.6. The van der Waals surface area contributed by atoms with Crippen molar-refractivity contribution in [1.82, 2.24) is 4.90 Å². The van der Waals surface area contributed by atoms with E-state index in [1.807, 2.05) is 6.07 Å². The average molecular weight is 469 g/mol. The molecule has 32 heavy (non-hydrogen) atoms. The highest BCUT2D eigenvalue weighted by molar-refractivity contribution is 7.92. The Hall–Kier alpha value is -2.55. The zero-order valence-electron chi connectivity index (χ0n) is 18.0. The first-order valence-electron chi connectivity index (χ1n) is 10.4. The van der Waals surface area contributed by atoms with E-state index >= 15 is 0 Å². The second-order valence-electron chi connectivity index (χ2n) is 8.38. The number of benzene rings is 2. The second-order valence-corrected chi connectivity index (χ2v) is 10.1. The van der Waals surface area contributed by atoms with Crippen molar-refractivity contribution in [3.63, 3.8) is 0 Å². The number of hydrogen-bond donors (Lipinski definition) is 1. The molecule has 3 rings (SSSR count). The van der Waals surface area contributed by atoms with Crippen molar-refractivity contribution >= 4 is 21.6 Å². The SMILES string of the molecule is CCC1CN(C(=O)Cc2ccc(C(F)(F)F)cc2)CC1Cc1cccc(NS(C)(=O)=O)c1. The molecule has 1 aliphatic rings. The molecule has 1 aliphatic heterocycles. The summed E-state index contributed by atoms with van der Waals surface area (Å²) in [6.07, 6.45) is -1.62. The summed E-state index contributed by atoms with van der Waals surface area (Å²) in [4.78, 5) is 14.6. The molecule has 2 unspecified atom stereocenters. The number of nitrogens with one attached hydrogen (secondary N) is 1. The van der Waals surface area contributed by atoms with Crippen LogP contribution in [0.1, 0.15) is 30.0 Å². The van der Waals surface area contributed by atoms with Gasteiger partial charge in [0.25, 0.3) is 0 Å². The molecule has 0 aliphatic carbocycles. The van der Waals surface area contributed by atoms with Gasteiger partial charge in [-0.2, -0.15) is 13.2 Å². The first kappa shape index (κ1) is 24.1. The smallest absolute Gasteiger partial charge is 0.342 e. The van der Waals surface area contributed by atoms with E-state index in [1.54, 1.807) is 23.1 Å². The molecular formula is C23H27F3N2O3S. The molecular weight excluding hydrogens is 441 g/mol. The van der Waals surface area contributed by atoms with E-state index in [9.17, 15) is 26.4 Å². The van der Waals surface area contributed by atoms with Gasteiger partial charge in [-0.15, -0.1) is 0 Å². The van der Waals surface area contributed by atoms with E-state index in [0.717, 1.165) is 30.4 Å². The van der Waals surface area contributed by atoms with Crippen molar-refractivity contribution in [2.45, 2.75) is 32.4 Å². The normalized spacial score (nSPS) is 19.2. The van der Waals surface area contributed by atoms with Crippen LogP contribution < -0.4 is 4.72 Å². The molecule has 1 N–H and O–H groups in total. The molecule has 2 aromatic carbocycles. The van der Waals surface area contributed by atoms with Crippen molar-refractivity contribution in [3.8, 4) is 0 Å². The van der Waals surface area contributed by atoms with Crippen molar-refractivity contribution < 1.29 is 26.4 Å². The zero-order chi connectivity index (χ0) is 23.5. The van der Waals surface area contributed by atoms with Gasteiger partial charge in [-0.25, -0.2) is 8.42 Å². The van der Waals surface area contributed by atoms with E-state index in [-0.39, 0.29) is 18.2 Å². The lowest BCUT2D eigenvalue weighted by atomic mass is 9.88. The van der Waals surface area contributed by atoms with E-state index in [1.165, 1.54) is 12.1 Å². The molecule has 0 radical (unpaired) electrons. The van der Waals surface area contributed by atoms with Gasteiger partial charge in [-0.3, -0.25) is 9.52 Å². The van der Waals surface area contributed by atoms with Crippen molar-refractivity contribution in [2.24, 2.45) is 11.8 Å². The third-order valence-corrected chi connectivity index (χ3v) is 6.42. The van der Waals surface area contributed by atoms with Crippen LogP contribution in [0.2, 0.25) is 0 Å². The van der Waals surface area contributed by atoms with Crippen molar-refractivity contribution in [3.05, 3.63) is 65.2 Å². The lowest BCUT2D eigenvalue weighted by molar-refractivity contribution is -0.137. The predicted molar refractivity (Wildman–Crippen MR) is 118 cm³/mol. The second kappa shape index (κ2) is 9.52. The summed E-state index contributed by atoms with van der Waals surface area (Å²) in [5.41, 5.74) is 1.32. The molecule has 0 saturated carbocycles. The van der Waals surface area contributed by atoms with Crippen molar-refractivity contribution in [2.75, 3.05) is 24.1 Å². The molecule has 1 fully saturated rings. The highest BCUT2D eigenvalue weighted by Gasteiger charge is 2.34. The van der Waals surface area contributed by atoms with Crippen LogP contribution in [0.25, 0.3) is 0 Å². The van der Waals surface area contributed by atoms with E-state index in [0.29, 0.717) is 36.7 Å². The van der Waals surface area contributed by atoms with Gasteiger partial charge in [-0.1, -0.05) is 37.6 Å². The van der Waals surface area contributed by atoms with Crippen LogP contribution in [0.15, 0.2) is 48.5 Å². The minimum Gasteiger partial charge on any atom is -0.342 e. The largest absolute Gasteiger partial charge is 0.416 e. The summed E-state index contributed by atoms with van der Waals surface area (Å²) in [6, 6.07) is 11.9. The molecule has 0 spiro atoms. The van der Waals surface area contributed by atoms with Gasteiger partial charge < -0.3 is 4.90 Å². The molecule has 1 heterocycles. The molecule has 0 bridgehead atoms. The lowest BCUT2D eigenvalue weighted by Crippen LogP contribution is -2.30. The number of rotatable bonds is 7. The zero-order valence-corrected chi connectivity index (χ0v) is 18.8. The lowest BCUT2D eigenvalue weighted by Gasteiger charge is -2.17. The molecule has 174 valence electrons. The maximum Gasteiger partial charge on any atom is 0.416 e. The molecule has 2 aromatic rings. The number of carbonyl (C=O) groups excluding carboxylic acids is 1. The maximum absolute atomic E-state index is 12.8. The van der Waals surface area contributed by atoms with Gasteiger partial charge >= 0.3 is 6.18 Å². The fourth-order valence-electron chi connectivity index (χ4n) is 4.21.